The van der Waals surface area contributed by atoms with Gasteiger partial charge in [0.25, 0.3) is 0 Å². The van der Waals surface area contributed by atoms with Gasteiger partial charge in [0.05, 0.1) is 0 Å². The molecular weight excluding hydrogens is 528 g/mol. The maximum absolute atomic E-state index is 11.6. The molecule has 6 nitrogen and oxygen atoms in total. The summed E-state index contributed by atoms with van der Waals surface area (Å²) >= 11 is 0. The highest BCUT2D eigenvalue weighted by atomic mass is 16.6. The summed E-state index contributed by atoms with van der Waals surface area (Å²) in [4.78, 5) is 23.3. The van der Waals surface area contributed by atoms with Crippen molar-refractivity contribution < 1.29 is 28.5 Å². The maximum atomic E-state index is 11.6. The van der Waals surface area contributed by atoms with E-state index in [0.717, 1.165) is 23.3 Å². The second kappa shape index (κ2) is 13.2. The average molecular weight is 573 g/mol. The first-order valence-corrected chi connectivity index (χ1v) is 15.5. The Labute approximate surface area is 250 Å². The van der Waals surface area contributed by atoms with E-state index in [1.165, 1.54) is 55.4 Å². The fourth-order valence-corrected chi connectivity index (χ4v) is 7.96. The molecule has 6 heteroatoms. The van der Waals surface area contributed by atoms with Crippen LogP contribution >= 0.6 is 0 Å². The lowest BCUT2D eigenvalue weighted by Gasteiger charge is -2.62. The molecule has 4 fully saturated rings. The largest absolute Gasteiger partial charge is 0.490 e. The van der Waals surface area contributed by atoms with Crippen molar-refractivity contribution in [3.8, 4) is 11.5 Å². The minimum Gasteiger partial charge on any atom is -0.490 e. The summed E-state index contributed by atoms with van der Waals surface area (Å²) in [7, 11) is 0. The Bertz CT molecular complexity index is 1140. The predicted molar refractivity (Wildman–Crippen MR) is 162 cm³/mol. The van der Waals surface area contributed by atoms with Crippen LogP contribution in [0.15, 0.2) is 73.8 Å². The third-order valence-corrected chi connectivity index (χ3v) is 9.77. The monoisotopic (exact) mass is 572 g/mol. The molecule has 2 aromatic rings. The molecule has 2 unspecified atom stereocenters. The molecule has 4 aliphatic rings. The summed E-state index contributed by atoms with van der Waals surface area (Å²) in [5, 5.41) is 0. The van der Waals surface area contributed by atoms with Crippen LogP contribution in [-0.2, 0) is 24.5 Å². The predicted octanol–water partition coefficient (Wildman–Crippen LogP) is 7.20. The molecule has 6 rings (SSSR count). The van der Waals surface area contributed by atoms with Gasteiger partial charge >= 0.3 is 11.9 Å². The Balaban J connectivity index is 1.36. The number of benzene rings is 2. The standard InChI is InChI=1S/C36H44O6/c1-5-30(41-34(37)7-3)22-39-32-13-9-26(10-14-32)36(28-18-24-17-25(20-28)21-29(36)19-24)27-11-15-33(16-12-27)40-23-31(6-2)42-35(38)8-4/h7-16,24-25,28-31H,3-6,17-23H2,1-2H3. The molecule has 2 aromatic carbocycles. The number of hydrogen-bond acceptors (Lipinski definition) is 6. The van der Waals surface area contributed by atoms with Gasteiger partial charge in [-0.05, 0) is 104 Å². The van der Waals surface area contributed by atoms with Crippen LogP contribution in [-0.4, -0.2) is 37.4 Å². The molecular formula is C36H44O6. The van der Waals surface area contributed by atoms with Crippen molar-refractivity contribution in [2.45, 2.75) is 76.4 Å². The summed E-state index contributed by atoms with van der Waals surface area (Å²) in [5.41, 5.74) is 2.66. The van der Waals surface area contributed by atoms with Crippen LogP contribution < -0.4 is 9.47 Å². The van der Waals surface area contributed by atoms with Gasteiger partial charge in [0.15, 0.2) is 0 Å². The van der Waals surface area contributed by atoms with E-state index in [1.54, 1.807) is 0 Å². The lowest BCUT2D eigenvalue weighted by Crippen LogP contribution is -2.56. The van der Waals surface area contributed by atoms with Crippen molar-refractivity contribution in [1.29, 1.82) is 0 Å². The smallest absolute Gasteiger partial charge is 0.330 e. The number of hydrogen-bond donors (Lipinski definition) is 0. The topological polar surface area (TPSA) is 71.1 Å². The number of carbonyl (C=O) groups is 2. The maximum Gasteiger partial charge on any atom is 0.330 e. The van der Waals surface area contributed by atoms with Crippen molar-refractivity contribution >= 4 is 11.9 Å². The first kappa shape index (κ1) is 29.9. The molecule has 42 heavy (non-hydrogen) atoms. The van der Waals surface area contributed by atoms with Gasteiger partial charge in [0.2, 0.25) is 0 Å². The number of rotatable bonds is 14. The van der Waals surface area contributed by atoms with E-state index in [9.17, 15) is 9.59 Å². The van der Waals surface area contributed by atoms with Crippen LogP contribution in [0.25, 0.3) is 0 Å². The van der Waals surface area contributed by atoms with Crippen molar-refractivity contribution in [3.63, 3.8) is 0 Å². The lowest BCUT2D eigenvalue weighted by atomic mass is 9.42. The van der Waals surface area contributed by atoms with Crippen LogP contribution in [0.1, 0.15) is 69.9 Å². The third kappa shape index (κ3) is 6.13. The van der Waals surface area contributed by atoms with Gasteiger partial charge < -0.3 is 18.9 Å². The number of esters is 2. The molecule has 0 radical (unpaired) electrons. The molecule has 0 N–H and O–H groups in total. The van der Waals surface area contributed by atoms with Crippen LogP contribution in [0.4, 0.5) is 0 Å². The Morgan fingerprint density at radius 2 is 1.10 bits per heavy atom. The van der Waals surface area contributed by atoms with E-state index in [2.05, 4.69) is 61.7 Å². The Morgan fingerprint density at radius 1 is 0.714 bits per heavy atom. The second-order valence-corrected chi connectivity index (χ2v) is 12.2. The average Bonchev–Trinajstić information content (AvgIpc) is 3.01. The highest BCUT2D eigenvalue weighted by Gasteiger charge is 2.58. The van der Waals surface area contributed by atoms with Crippen LogP contribution in [0, 0.1) is 23.7 Å². The molecule has 0 aliphatic heterocycles. The zero-order valence-electron chi connectivity index (χ0n) is 25.0. The molecule has 0 amide bonds. The molecule has 0 saturated heterocycles. The van der Waals surface area contributed by atoms with Crippen molar-refractivity contribution in [2.75, 3.05) is 13.2 Å². The van der Waals surface area contributed by atoms with Gasteiger partial charge in [0.1, 0.15) is 36.9 Å². The quantitative estimate of drug-likeness (QED) is 0.176. The Hall–Kier alpha value is -3.54. The van der Waals surface area contributed by atoms with Gasteiger partial charge in [0, 0.05) is 17.6 Å². The van der Waals surface area contributed by atoms with Crippen molar-refractivity contribution in [3.05, 3.63) is 85.0 Å². The molecule has 0 heterocycles. The van der Waals surface area contributed by atoms with E-state index in [0.29, 0.717) is 37.9 Å². The SMILES string of the molecule is C=CC(=O)OC(CC)COc1ccc(C2(c3ccc(OCC(CC)OC(=O)C=C)cc3)C3CC4CC(C3)CC2C4)cc1. The second-order valence-electron chi connectivity index (χ2n) is 12.2. The lowest BCUT2D eigenvalue weighted by molar-refractivity contribution is -0.145. The van der Waals surface area contributed by atoms with Crippen molar-refractivity contribution in [1.82, 2.24) is 0 Å². The van der Waals surface area contributed by atoms with Crippen molar-refractivity contribution in [2.24, 2.45) is 23.7 Å². The van der Waals surface area contributed by atoms with E-state index in [1.807, 2.05) is 13.8 Å². The summed E-state index contributed by atoms with van der Waals surface area (Å²) in [5.74, 6) is 3.61. The summed E-state index contributed by atoms with van der Waals surface area (Å²) in [6.45, 7) is 11.5. The summed E-state index contributed by atoms with van der Waals surface area (Å²) < 4.78 is 22.8. The van der Waals surface area contributed by atoms with E-state index in [-0.39, 0.29) is 17.6 Å². The zero-order chi connectivity index (χ0) is 29.7. The van der Waals surface area contributed by atoms with Gasteiger partial charge in [-0.25, -0.2) is 9.59 Å². The fraction of sp³-hybridized carbons (Fsp3) is 0.500. The molecule has 224 valence electrons. The van der Waals surface area contributed by atoms with Gasteiger partial charge in [-0.3, -0.25) is 0 Å². The summed E-state index contributed by atoms with van der Waals surface area (Å²) in [6.07, 6.45) is 9.61. The molecule has 0 aromatic heterocycles. The van der Waals surface area contributed by atoms with E-state index in [4.69, 9.17) is 18.9 Å². The molecule has 4 saturated carbocycles. The fourth-order valence-electron chi connectivity index (χ4n) is 7.96. The third-order valence-electron chi connectivity index (χ3n) is 9.77. The van der Waals surface area contributed by atoms with Crippen LogP contribution in [0.2, 0.25) is 0 Å². The van der Waals surface area contributed by atoms with E-state index >= 15 is 0 Å². The first-order chi connectivity index (χ1) is 20.4. The van der Waals surface area contributed by atoms with Gasteiger partial charge in [-0.1, -0.05) is 51.3 Å². The minimum atomic E-state index is -0.428. The highest BCUT2D eigenvalue weighted by Crippen LogP contribution is 2.65. The minimum absolute atomic E-state index is 0.0403. The van der Waals surface area contributed by atoms with Gasteiger partial charge in [-0.2, -0.15) is 0 Å². The van der Waals surface area contributed by atoms with E-state index < -0.39 is 11.9 Å². The molecule has 0 spiro atoms. The molecule has 4 bridgehead atoms. The molecule has 2 atom stereocenters. The number of carbonyl (C=O) groups excluding carboxylic acids is 2. The molecule has 4 aliphatic carbocycles. The van der Waals surface area contributed by atoms with Crippen LogP contribution in [0.5, 0.6) is 11.5 Å². The normalized spacial score (nSPS) is 27.0. The van der Waals surface area contributed by atoms with Gasteiger partial charge in [-0.15, -0.1) is 0 Å². The first-order valence-electron chi connectivity index (χ1n) is 15.5. The van der Waals surface area contributed by atoms with Crippen LogP contribution in [0.3, 0.4) is 0 Å². The highest BCUT2D eigenvalue weighted by molar-refractivity contribution is 5.81. The zero-order valence-corrected chi connectivity index (χ0v) is 25.0. The Kier molecular flexibility index (Phi) is 9.40. The number of ether oxygens (including phenoxy) is 4. The summed E-state index contributed by atoms with van der Waals surface area (Å²) in [6, 6.07) is 17.3. The Morgan fingerprint density at radius 3 is 1.43 bits per heavy atom.